The van der Waals surface area contributed by atoms with E-state index < -0.39 is 0 Å². The highest BCUT2D eigenvalue weighted by molar-refractivity contribution is 6.13. The SMILES string of the molecule is C=Cc1ccc(C)c(C(/C=C/c2ccc(F)cc2)=NC)c1CCCC(=C)N. The number of halogens is 1. The van der Waals surface area contributed by atoms with Crippen LogP contribution in [0.25, 0.3) is 12.2 Å². The van der Waals surface area contributed by atoms with Crippen molar-refractivity contribution in [2.45, 2.75) is 26.2 Å². The van der Waals surface area contributed by atoms with Gasteiger partial charge in [0, 0.05) is 18.3 Å². The molecule has 2 aromatic carbocycles. The second-order valence-corrected chi connectivity index (χ2v) is 6.53. The van der Waals surface area contributed by atoms with Gasteiger partial charge in [-0.3, -0.25) is 4.99 Å². The minimum atomic E-state index is -0.241. The van der Waals surface area contributed by atoms with Crippen LogP contribution in [0.4, 0.5) is 4.39 Å². The zero-order valence-electron chi connectivity index (χ0n) is 16.1. The number of nitrogens with two attached hydrogens (primary N) is 1. The third kappa shape index (κ3) is 5.52. The summed E-state index contributed by atoms with van der Waals surface area (Å²) in [5, 5.41) is 0. The average Bonchev–Trinajstić information content (AvgIpc) is 2.65. The molecule has 0 saturated heterocycles. The molecule has 3 heteroatoms. The summed E-state index contributed by atoms with van der Waals surface area (Å²) >= 11 is 0. The van der Waals surface area contributed by atoms with E-state index in [1.807, 2.05) is 18.2 Å². The van der Waals surface area contributed by atoms with Gasteiger partial charge in [-0.05, 0) is 66.6 Å². The van der Waals surface area contributed by atoms with Crippen molar-refractivity contribution in [3.05, 3.63) is 95.0 Å². The molecule has 0 spiro atoms. The van der Waals surface area contributed by atoms with E-state index in [1.165, 1.54) is 17.7 Å². The Kier molecular flexibility index (Phi) is 7.30. The molecule has 0 bridgehead atoms. The van der Waals surface area contributed by atoms with Crippen LogP contribution in [-0.2, 0) is 6.42 Å². The Bertz CT molecular complexity index is 874. The van der Waals surface area contributed by atoms with Crippen molar-refractivity contribution in [3.63, 3.8) is 0 Å². The van der Waals surface area contributed by atoms with E-state index in [-0.39, 0.29) is 5.82 Å². The van der Waals surface area contributed by atoms with Crippen LogP contribution in [0.3, 0.4) is 0 Å². The average molecular weight is 362 g/mol. The molecule has 0 aliphatic carbocycles. The Morgan fingerprint density at radius 3 is 2.48 bits per heavy atom. The van der Waals surface area contributed by atoms with E-state index >= 15 is 0 Å². The van der Waals surface area contributed by atoms with Gasteiger partial charge in [0.2, 0.25) is 0 Å². The number of rotatable bonds is 8. The fraction of sp³-hybridized carbons (Fsp3) is 0.208. The highest BCUT2D eigenvalue weighted by Gasteiger charge is 2.13. The predicted octanol–water partition coefficient (Wildman–Crippen LogP) is 5.70. The van der Waals surface area contributed by atoms with Gasteiger partial charge in [-0.25, -0.2) is 4.39 Å². The van der Waals surface area contributed by atoms with Crippen molar-refractivity contribution >= 4 is 17.9 Å². The van der Waals surface area contributed by atoms with Gasteiger partial charge in [-0.1, -0.05) is 49.6 Å². The van der Waals surface area contributed by atoms with E-state index in [9.17, 15) is 4.39 Å². The number of aliphatic imine (C=N–C) groups is 1. The Balaban J connectivity index is 2.41. The van der Waals surface area contributed by atoms with Gasteiger partial charge in [0.15, 0.2) is 0 Å². The first-order valence-corrected chi connectivity index (χ1v) is 9.05. The molecule has 0 radical (unpaired) electrons. The molecule has 27 heavy (non-hydrogen) atoms. The van der Waals surface area contributed by atoms with E-state index in [4.69, 9.17) is 5.73 Å². The zero-order valence-corrected chi connectivity index (χ0v) is 16.1. The highest BCUT2D eigenvalue weighted by atomic mass is 19.1. The third-order valence-corrected chi connectivity index (χ3v) is 4.50. The third-order valence-electron chi connectivity index (χ3n) is 4.50. The Morgan fingerprint density at radius 2 is 1.89 bits per heavy atom. The monoisotopic (exact) mass is 362 g/mol. The van der Waals surface area contributed by atoms with E-state index in [0.717, 1.165) is 47.2 Å². The van der Waals surface area contributed by atoms with Gasteiger partial charge >= 0.3 is 0 Å². The number of benzene rings is 2. The smallest absolute Gasteiger partial charge is 0.123 e. The molecule has 0 heterocycles. The second-order valence-electron chi connectivity index (χ2n) is 6.53. The molecule has 0 aromatic heterocycles. The Morgan fingerprint density at radius 1 is 1.19 bits per heavy atom. The lowest BCUT2D eigenvalue weighted by atomic mass is 9.89. The minimum absolute atomic E-state index is 0.241. The van der Waals surface area contributed by atoms with Crippen molar-refractivity contribution in [1.29, 1.82) is 0 Å². The Hall–Kier alpha value is -2.94. The number of nitrogens with zero attached hydrogens (tertiary/aromatic N) is 1. The molecule has 0 atom stereocenters. The van der Waals surface area contributed by atoms with Crippen molar-refractivity contribution in [2.75, 3.05) is 7.05 Å². The van der Waals surface area contributed by atoms with Crippen LogP contribution >= 0.6 is 0 Å². The summed E-state index contributed by atoms with van der Waals surface area (Å²) in [4.78, 5) is 4.51. The van der Waals surface area contributed by atoms with Gasteiger partial charge in [0.25, 0.3) is 0 Å². The van der Waals surface area contributed by atoms with Crippen LogP contribution in [0.1, 0.15) is 40.7 Å². The molecule has 2 N–H and O–H groups in total. The second kappa shape index (κ2) is 9.67. The van der Waals surface area contributed by atoms with Gasteiger partial charge in [0.1, 0.15) is 5.82 Å². The molecule has 0 saturated carbocycles. The first-order valence-electron chi connectivity index (χ1n) is 9.05. The maximum absolute atomic E-state index is 13.1. The molecule has 0 aliphatic heterocycles. The first kappa shape index (κ1) is 20.4. The van der Waals surface area contributed by atoms with Crippen molar-refractivity contribution in [1.82, 2.24) is 0 Å². The normalized spacial score (nSPS) is 11.7. The van der Waals surface area contributed by atoms with Crippen LogP contribution in [0.5, 0.6) is 0 Å². The molecule has 0 amide bonds. The van der Waals surface area contributed by atoms with Gasteiger partial charge < -0.3 is 5.73 Å². The molecule has 0 fully saturated rings. The fourth-order valence-corrected chi connectivity index (χ4v) is 3.11. The Labute approximate surface area is 161 Å². The molecule has 140 valence electrons. The minimum Gasteiger partial charge on any atom is -0.403 e. The molecule has 2 rings (SSSR count). The largest absolute Gasteiger partial charge is 0.403 e. The molecule has 0 aliphatic rings. The van der Waals surface area contributed by atoms with Gasteiger partial charge in [-0.15, -0.1) is 0 Å². The summed E-state index contributed by atoms with van der Waals surface area (Å²) in [6.45, 7) is 9.83. The van der Waals surface area contributed by atoms with Crippen molar-refractivity contribution in [2.24, 2.45) is 10.7 Å². The van der Waals surface area contributed by atoms with Crippen LogP contribution in [-0.4, -0.2) is 12.8 Å². The maximum Gasteiger partial charge on any atom is 0.123 e. The van der Waals surface area contributed by atoms with E-state index in [1.54, 1.807) is 19.2 Å². The number of hydrogen-bond donors (Lipinski definition) is 1. The molecule has 2 aromatic rings. The maximum atomic E-state index is 13.1. The fourth-order valence-electron chi connectivity index (χ4n) is 3.11. The molecule has 2 nitrogen and oxygen atoms in total. The van der Waals surface area contributed by atoms with Crippen LogP contribution in [0, 0.1) is 12.7 Å². The topological polar surface area (TPSA) is 38.4 Å². The summed E-state index contributed by atoms with van der Waals surface area (Å²) in [6.07, 6.45) is 8.39. The summed E-state index contributed by atoms with van der Waals surface area (Å²) in [7, 11) is 1.79. The summed E-state index contributed by atoms with van der Waals surface area (Å²) in [6, 6.07) is 10.6. The first-order chi connectivity index (χ1) is 13.0. The van der Waals surface area contributed by atoms with Crippen LogP contribution in [0.2, 0.25) is 0 Å². The van der Waals surface area contributed by atoms with Crippen LogP contribution < -0.4 is 5.73 Å². The van der Waals surface area contributed by atoms with Crippen LogP contribution in [0.15, 0.2) is 66.3 Å². The highest BCUT2D eigenvalue weighted by Crippen LogP contribution is 2.24. The van der Waals surface area contributed by atoms with Gasteiger partial charge in [0.05, 0.1) is 5.71 Å². The number of allylic oxidation sites excluding steroid dienone is 2. The standard InChI is InChI=1S/C24H27FN2/c1-5-20-13-9-17(2)24(22(20)8-6-7-18(3)26)23(27-4)16-12-19-10-14-21(25)15-11-19/h5,9-16H,1,3,6-8,26H2,2,4H3/b16-12+,27-23?. The van der Waals surface area contributed by atoms with Gasteiger partial charge in [-0.2, -0.15) is 0 Å². The summed E-state index contributed by atoms with van der Waals surface area (Å²) in [5.41, 5.74) is 12.8. The van der Waals surface area contributed by atoms with E-state index in [2.05, 4.69) is 37.2 Å². The quantitative estimate of drug-likeness (QED) is 0.601. The lowest BCUT2D eigenvalue weighted by Crippen LogP contribution is -2.08. The molecular formula is C24H27FN2. The molecular weight excluding hydrogens is 335 g/mol. The zero-order chi connectivity index (χ0) is 19.8. The number of aryl methyl sites for hydroxylation is 1. The van der Waals surface area contributed by atoms with Crippen molar-refractivity contribution < 1.29 is 4.39 Å². The summed E-state index contributed by atoms with van der Waals surface area (Å²) < 4.78 is 13.1. The number of hydrogen-bond acceptors (Lipinski definition) is 2. The summed E-state index contributed by atoms with van der Waals surface area (Å²) in [5.74, 6) is -0.241. The van der Waals surface area contributed by atoms with E-state index in [0.29, 0.717) is 5.70 Å². The lowest BCUT2D eigenvalue weighted by Gasteiger charge is -2.16. The molecule has 0 unspecified atom stereocenters. The van der Waals surface area contributed by atoms with Crippen molar-refractivity contribution in [3.8, 4) is 0 Å². The predicted molar refractivity (Wildman–Crippen MR) is 115 cm³/mol. The lowest BCUT2D eigenvalue weighted by molar-refractivity contribution is 0.628.